The van der Waals surface area contributed by atoms with Crippen LogP contribution in [0.15, 0.2) is 12.1 Å². The number of nitrogens with zero attached hydrogens (tertiary/aromatic N) is 1. The van der Waals surface area contributed by atoms with E-state index in [9.17, 15) is 9.59 Å². The third-order valence-corrected chi connectivity index (χ3v) is 5.24. The molecule has 0 bridgehead atoms. The number of amides is 2. The Bertz CT molecular complexity index is 697. The summed E-state index contributed by atoms with van der Waals surface area (Å²) in [5.74, 6) is 1.91. The molecule has 1 aliphatic carbocycles. The molecule has 7 heteroatoms. The third-order valence-electron chi connectivity index (χ3n) is 5.24. The minimum atomic E-state index is -0.165. The van der Waals surface area contributed by atoms with Gasteiger partial charge in [-0.05, 0) is 58.6 Å². The maximum Gasteiger partial charge on any atom is 0.251 e. The van der Waals surface area contributed by atoms with Crippen LogP contribution in [0.4, 0.5) is 0 Å². The zero-order valence-corrected chi connectivity index (χ0v) is 17.7. The van der Waals surface area contributed by atoms with Crippen molar-refractivity contribution in [1.82, 2.24) is 10.2 Å². The van der Waals surface area contributed by atoms with Crippen LogP contribution >= 0.6 is 0 Å². The highest BCUT2D eigenvalue weighted by Crippen LogP contribution is 2.39. The first-order chi connectivity index (χ1) is 14.1. The van der Waals surface area contributed by atoms with E-state index in [0.29, 0.717) is 55.7 Å². The molecule has 3 rings (SSSR count). The summed E-state index contributed by atoms with van der Waals surface area (Å²) in [5.41, 5.74) is 0.483. The molecule has 0 radical (unpaired) electrons. The molecule has 160 valence electrons. The van der Waals surface area contributed by atoms with Crippen molar-refractivity contribution in [2.45, 2.75) is 52.5 Å². The predicted molar refractivity (Wildman–Crippen MR) is 110 cm³/mol. The second kappa shape index (κ2) is 9.85. The molecule has 2 aliphatic rings. The van der Waals surface area contributed by atoms with E-state index < -0.39 is 0 Å². The molecule has 1 heterocycles. The van der Waals surface area contributed by atoms with Gasteiger partial charge in [0.25, 0.3) is 5.91 Å². The van der Waals surface area contributed by atoms with E-state index in [-0.39, 0.29) is 23.8 Å². The fourth-order valence-corrected chi connectivity index (χ4v) is 3.62. The molecular formula is C22H32N2O5. The molecule has 0 aromatic heterocycles. The molecule has 0 unspecified atom stereocenters. The predicted octanol–water partition coefficient (Wildman–Crippen LogP) is 3.01. The van der Waals surface area contributed by atoms with Gasteiger partial charge in [0, 0.05) is 30.6 Å². The molecular weight excluding hydrogens is 372 g/mol. The van der Waals surface area contributed by atoms with Crippen LogP contribution < -0.4 is 19.5 Å². The van der Waals surface area contributed by atoms with Crippen molar-refractivity contribution >= 4 is 11.8 Å². The summed E-state index contributed by atoms with van der Waals surface area (Å²) in [5, 5.41) is 3.10. The number of hydrogen-bond acceptors (Lipinski definition) is 5. The fourth-order valence-electron chi connectivity index (χ4n) is 3.62. The van der Waals surface area contributed by atoms with Crippen LogP contribution in [0.2, 0.25) is 0 Å². The van der Waals surface area contributed by atoms with E-state index in [1.807, 2.05) is 25.7 Å². The van der Waals surface area contributed by atoms with Crippen LogP contribution in [-0.4, -0.2) is 55.7 Å². The van der Waals surface area contributed by atoms with Gasteiger partial charge in [0.05, 0.1) is 19.8 Å². The molecule has 1 saturated carbocycles. The molecule has 7 nitrogen and oxygen atoms in total. The number of nitrogens with one attached hydrogen (secondary N) is 1. The highest BCUT2D eigenvalue weighted by atomic mass is 16.5. The SMILES string of the molecule is CCOc1cc(C(=O)NC2CCN(C(=O)C3CC3)CC2)cc(OCC)c1OCC. The first kappa shape index (κ1) is 21.3. The average molecular weight is 405 g/mol. The molecule has 29 heavy (non-hydrogen) atoms. The monoisotopic (exact) mass is 404 g/mol. The van der Waals surface area contributed by atoms with Crippen LogP contribution in [0.1, 0.15) is 56.8 Å². The zero-order chi connectivity index (χ0) is 20.8. The standard InChI is InChI=1S/C22H32N2O5/c1-4-27-18-13-16(14-19(28-5-2)20(18)29-6-3)21(25)23-17-9-11-24(12-10-17)22(26)15-7-8-15/h13-15,17H,4-12H2,1-3H3,(H,23,25). The number of carbonyl (C=O) groups is 2. The lowest BCUT2D eigenvalue weighted by Crippen LogP contribution is -2.47. The van der Waals surface area contributed by atoms with Gasteiger partial charge >= 0.3 is 0 Å². The summed E-state index contributed by atoms with van der Waals surface area (Å²) in [7, 11) is 0. The van der Waals surface area contributed by atoms with E-state index in [1.165, 1.54) is 0 Å². The number of ether oxygens (including phenoxy) is 3. The number of rotatable bonds is 9. The van der Waals surface area contributed by atoms with Crippen LogP contribution in [0, 0.1) is 5.92 Å². The van der Waals surface area contributed by atoms with Gasteiger partial charge in [-0.2, -0.15) is 0 Å². The van der Waals surface area contributed by atoms with Crippen molar-refractivity contribution in [3.05, 3.63) is 17.7 Å². The minimum Gasteiger partial charge on any atom is -0.490 e. The fraction of sp³-hybridized carbons (Fsp3) is 0.636. The Morgan fingerprint density at radius 1 is 0.931 bits per heavy atom. The minimum absolute atomic E-state index is 0.0587. The number of piperidine rings is 1. The number of likely N-dealkylation sites (tertiary alicyclic amines) is 1. The lowest BCUT2D eigenvalue weighted by molar-refractivity contribution is -0.133. The summed E-state index contributed by atoms with van der Waals surface area (Å²) in [6, 6.07) is 3.47. The quantitative estimate of drug-likeness (QED) is 0.685. The largest absolute Gasteiger partial charge is 0.490 e. The van der Waals surface area contributed by atoms with Crippen LogP contribution in [0.5, 0.6) is 17.2 Å². The van der Waals surface area contributed by atoms with Crippen molar-refractivity contribution in [3.8, 4) is 17.2 Å². The summed E-state index contributed by atoms with van der Waals surface area (Å²) in [6.07, 6.45) is 3.60. The topological polar surface area (TPSA) is 77.1 Å². The molecule has 2 fully saturated rings. The molecule has 0 spiro atoms. The zero-order valence-electron chi connectivity index (χ0n) is 17.7. The Labute approximate surface area is 172 Å². The van der Waals surface area contributed by atoms with E-state index >= 15 is 0 Å². The van der Waals surface area contributed by atoms with Gasteiger partial charge in [-0.25, -0.2) is 0 Å². The molecule has 1 aromatic rings. The maximum atomic E-state index is 12.9. The molecule has 1 N–H and O–H groups in total. The van der Waals surface area contributed by atoms with Gasteiger partial charge < -0.3 is 24.4 Å². The highest BCUT2D eigenvalue weighted by molar-refractivity contribution is 5.95. The Morgan fingerprint density at radius 3 is 1.97 bits per heavy atom. The molecule has 0 atom stereocenters. The number of hydrogen-bond donors (Lipinski definition) is 1. The van der Waals surface area contributed by atoms with Gasteiger partial charge in [-0.15, -0.1) is 0 Å². The van der Waals surface area contributed by atoms with Crippen molar-refractivity contribution in [2.75, 3.05) is 32.9 Å². The van der Waals surface area contributed by atoms with E-state index in [2.05, 4.69) is 5.32 Å². The smallest absolute Gasteiger partial charge is 0.251 e. The van der Waals surface area contributed by atoms with Crippen LogP contribution in [-0.2, 0) is 4.79 Å². The van der Waals surface area contributed by atoms with Crippen LogP contribution in [0.3, 0.4) is 0 Å². The van der Waals surface area contributed by atoms with Gasteiger partial charge in [-0.1, -0.05) is 0 Å². The van der Waals surface area contributed by atoms with Gasteiger partial charge in [0.1, 0.15) is 0 Å². The van der Waals surface area contributed by atoms with Crippen molar-refractivity contribution in [3.63, 3.8) is 0 Å². The Hall–Kier alpha value is -2.44. The molecule has 2 amide bonds. The maximum absolute atomic E-state index is 12.9. The van der Waals surface area contributed by atoms with Gasteiger partial charge in [0.2, 0.25) is 11.7 Å². The number of benzene rings is 1. The summed E-state index contributed by atoms with van der Waals surface area (Å²) >= 11 is 0. The van der Waals surface area contributed by atoms with E-state index in [1.54, 1.807) is 12.1 Å². The van der Waals surface area contributed by atoms with Gasteiger partial charge in [-0.3, -0.25) is 9.59 Å². The highest BCUT2D eigenvalue weighted by Gasteiger charge is 2.35. The Morgan fingerprint density at radius 2 is 1.48 bits per heavy atom. The first-order valence-corrected chi connectivity index (χ1v) is 10.7. The summed E-state index contributed by atoms with van der Waals surface area (Å²) in [6.45, 7) is 8.49. The Kier molecular flexibility index (Phi) is 7.23. The van der Waals surface area contributed by atoms with Gasteiger partial charge in [0.15, 0.2) is 11.5 Å². The lowest BCUT2D eigenvalue weighted by atomic mass is 10.0. The molecule has 1 aliphatic heterocycles. The lowest BCUT2D eigenvalue weighted by Gasteiger charge is -2.32. The second-order valence-electron chi connectivity index (χ2n) is 7.45. The third kappa shape index (κ3) is 5.34. The Balaban J connectivity index is 1.67. The summed E-state index contributed by atoms with van der Waals surface area (Å²) < 4.78 is 17.1. The number of carbonyl (C=O) groups excluding carboxylic acids is 2. The van der Waals surface area contributed by atoms with E-state index in [4.69, 9.17) is 14.2 Å². The van der Waals surface area contributed by atoms with Crippen LogP contribution in [0.25, 0.3) is 0 Å². The molecule has 1 saturated heterocycles. The first-order valence-electron chi connectivity index (χ1n) is 10.7. The second-order valence-corrected chi connectivity index (χ2v) is 7.45. The van der Waals surface area contributed by atoms with Crippen molar-refractivity contribution < 1.29 is 23.8 Å². The molecule has 1 aromatic carbocycles. The average Bonchev–Trinajstić information content (AvgIpc) is 3.56. The normalized spacial score (nSPS) is 17.0. The van der Waals surface area contributed by atoms with Crippen molar-refractivity contribution in [2.24, 2.45) is 5.92 Å². The van der Waals surface area contributed by atoms with E-state index in [0.717, 1.165) is 25.7 Å². The van der Waals surface area contributed by atoms with Crippen molar-refractivity contribution in [1.29, 1.82) is 0 Å². The summed E-state index contributed by atoms with van der Waals surface area (Å²) in [4.78, 5) is 27.0.